The van der Waals surface area contributed by atoms with E-state index in [0.29, 0.717) is 30.3 Å². The Morgan fingerprint density at radius 3 is 2.74 bits per heavy atom. The number of carbonyl (C=O) groups excluding carboxylic acids is 1. The predicted octanol–water partition coefficient (Wildman–Crippen LogP) is 3.47. The van der Waals surface area contributed by atoms with E-state index in [0.717, 1.165) is 35.0 Å². The SMILES string of the molecule is COc1ccc(CN(C)C(=O)CCc2nc3sc4c(c3c(=O)[nH]2)CCCC4)cc1OC. The highest BCUT2D eigenvalue weighted by molar-refractivity contribution is 7.18. The first-order chi connectivity index (χ1) is 15.0. The minimum atomic E-state index is -0.0782. The number of thiophene rings is 1. The van der Waals surface area contributed by atoms with E-state index in [1.54, 1.807) is 37.5 Å². The third-order valence-electron chi connectivity index (χ3n) is 5.74. The summed E-state index contributed by atoms with van der Waals surface area (Å²) in [5.41, 5.74) is 2.05. The van der Waals surface area contributed by atoms with Crippen LogP contribution in [0.3, 0.4) is 0 Å². The highest BCUT2D eigenvalue weighted by atomic mass is 32.1. The van der Waals surface area contributed by atoms with E-state index in [2.05, 4.69) is 9.97 Å². The number of aromatic amines is 1. The van der Waals surface area contributed by atoms with Gasteiger partial charge in [0.05, 0.1) is 19.6 Å². The summed E-state index contributed by atoms with van der Waals surface area (Å²) < 4.78 is 10.6. The van der Waals surface area contributed by atoms with Gasteiger partial charge in [0.2, 0.25) is 5.91 Å². The molecule has 1 aliphatic rings. The topological polar surface area (TPSA) is 84.5 Å². The van der Waals surface area contributed by atoms with Crippen molar-refractivity contribution in [3.05, 3.63) is 50.4 Å². The molecular formula is C23H27N3O4S. The number of amides is 1. The number of nitrogens with one attached hydrogen (secondary N) is 1. The Kier molecular flexibility index (Phi) is 6.27. The Morgan fingerprint density at radius 1 is 1.19 bits per heavy atom. The second-order valence-electron chi connectivity index (χ2n) is 7.84. The fraction of sp³-hybridized carbons (Fsp3) is 0.435. The van der Waals surface area contributed by atoms with Crippen LogP contribution in [0.1, 0.15) is 41.1 Å². The number of aryl methyl sites for hydroxylation is 3. The van der Waals surface area contributed by atoms with Gasteiger partial charge in [-0.1, -0.05) is 6.07 Å². The van der Waals surface area contributed by atoms with Gasteiger partial charge in [-0.3, -0.25) is 9.59 Å². The van der Waals surface area contributed by atoms with Gasteiger partial charge >= 0.3 is 0 Å². The fourth-order valence-corrected chi connectivity index (χ4v) is 5.36. The molecule has 0 unspecified atom stereocenters. The van der Waals surface area contributed by atoms with E-state index in [1.807, 2.05) is 18.2 Å². The summed E-state index contributed by atoms with van der Waals surface area (Å²) in [6, 6.07) is 5.61. The number of carbonyl (C=O) groups is 1. The second-order valence-corrected chi connectivity index (χ2v) is 8.93. The normalized spacial score (nSPS) is 13.1. The molecule has 2 heterocycles. The molecule has 0 fully saturated rings. The molecule has 0 saturated carbocycles. The third kappa shape index (κ3) is 4.44. The van der Waals surface area contributed by atoms with Gasteiger partial charge in [-0.05, 0) is 48.9 Å². The maximum absolute atomic E-state index is 12.7. The van der Waals surface area contributed by atoms with Crippen LogP contribution >= 0.6 is 11.3 Å². The van der Waals surface area contributed by atoms with Crippen molar-refractivity contribution in [2.24, 2.45) is 0 Å². The largest absolute Gasteiger partial charge is 0.493 e. The van der Waals surface area contributed by atoms with E-state index in [9.17, 15) is 9.59 Å². The molecular weight excluding hydrogens is 414 g/mol. The molecule has 1 aromatic carbocycles. The summed E-state index contributed by atoms with van der Waals surface area (Å²) in [7, 11) is 4.95. The number of benzene rings is 1. The number of ether oxygens (including phenoxy) is 2. The first-order valence-corrected chi connectivity index (χ1v) is 11.3. The number of hydrogen-bond donors (Lipinski definition) is 1. The van der Waals surface area contributed by atoms with Crippen molar-refractivity contribution in [1.82, 2.24) is 14.9 Å². The van der Waals surface area contributed by atoms with Gasteiger partial charge in [-0.2, -0.15) is 0 Å². The summed E-state index contributed by atoms with van der Waals surface area (Å²) in [5, 5.41) is 0.750. The number of fused-ring (bicyclic) bond motifs is 3. The van der Waals surface area contributed by atoms with Gasteiger partial charge < -0.3 is 19.4 Å². The van der Waals surface area contributed by atoms with Crippen molar-refractivity contribution in [1.29, 1.82) is 0 Å². The molecule has 7 nitrogen and oxygen atoms in total. The van der Waals surface area contributed by atoms with Crippen molar-refractivity contribution in [2.45, 2.75) is 45.1 Å². The average molecular weight is 442 g/mol. The molecule has 1 aliphatic carbocycles. The van der Waals surface area contributed by atoms with Gasteiger partial charge in [0, 0.05) is 31.3 Å². The number of H-pyrrole nitrogens is 1. The second kappa shape index (κ2) is 9.09. The monoisotopic (exact) mass is 441 g/mol. The van der Waals surface area contributed by atoms with Gasteiger partial charge in [0.15, 0.2) is 11.5 Å². The third-order valence-corrected chi connectivity index (χ3v) is 6.93. The van der Waals surface area contributed by atoms with Crippen molar-refractivity contribution >= 4 is 27.5 Å². The Labute approximate surface area is 185 Å². The summed E-state index contributed by atoms with van der Waals surface area (Å²) in [5.74, 6) is 1.85. The van der Waals surface area contributed by atoms with Crippen LogP contribution in [-0.4, -0.2) is 42.0 Å². The van der Waals surface area contributed by atoms with Gasteiger partial charge in [-0.25, -0.2) is 4.98 Å². The molecule has 0 aliphatic heterocycles. The van der Waals surface area contributed by atoms with E-state index < -0.39 is 0 Å². The van der Waals surface area contributed by atoms with Crippen LogP contribution in [0, 0.1) is 0 Å². The van der Waals surface area contributed by atoms with E-state index in [4.69, 9.17) is 9.47 Å². The van der Waals surface area contributed by atoms with Crippen LogP contribution < -0.4 is 15.0 Å². The van der Waals surface area contributed by atoms with Crippen molar-refractivity contribution in [2.75, 3.05) is 21.3 Å². The molecule has 8 heteroatoms. The number of hydrogen-bond acceptors (Lipinski definition) is 6. The van der Waals surface area contributed by atoms with Crippen LogP contribution in [-0.2, 0) is 30.6 Å². The Balaban J connectivity index is 1.42. The molecule has 164 valence electrons. The number of methoxy groups -OCH3 is 2. The molecule has 0 saturated heterocycles. The molecule has 1 N–H and O–H groups in total. The quantitative estimate of drug-likeness (QED) is 0.607. The molecule has 31 heavy (non-hydrogen) atoms. The molecule has 2 aromatic heterocycles. The Hall–Kier alpha value is -2.87. The lowest BCUT2D eigenvalue weighted by Gasteiger charge is -2.18. The first kappa shape index (κ1) is 21.4. The summed E-state index contributed by atoms with van der Waals surface area (Å²) >= 11 is 1.63. The highest BCUT2D eigenvalue weighted by Crippen LogP contribution is 2.33. The smallest absolute Gasteiger partial charge is 0.259 e. The summed E-state index contributed by atoms with van der Waals surface area (Å²) in [4.78, 5) is 36.6. The molecule has 0 spiro atoms. The molecule has 4 rings (SSSR count). The maximum Gasteiger partial charge on any atom is 0.259 e. The van der Waals surface area contributed by atoms with Crippen molar-refractivity contribution in [3.8, 4) is 11.5 Å². The predicted molar refractivity (Wildman–Crippen MR) is 121 cm³/mol. The average Bonchev–Trinajstić information content (AvgIpc) is 3.16. The van der Waals surface area contributed by atoms with Crippen LogP contribution in [0.15, 0.2) is 23.0 Å². The zero-order valence-corrected chi connectivity index (χ0v) is 18.9. The zero-order chi connectivity index (χ0) is 22.0. The van der Waals surface area contributed by atoms with E-state index in [-0.39, 0.29) is 17.9 Å². The molecule has 3 aromatic rings. The van der Waals surface area contributed by atoms with E-state index >= 15 is 0 Å². The highest BCUT2D eigenvalue weighted by Gasteiger charge is 2.20. The van der Waals surface area contributed by atoms with Gasteiger partial charge in [0.1, 0.15) is 10.7 Å². The minimum Gasteiger partial charge on any atom is -0.493 e. The van der Waals surface area contributed by atoms with Crippen LogP contribution in [0.5, 0.6) is 11.5 Å². The number of aromatic nitrogens is 2. The van der Waals surface area contributed by atoms with Gasteiger partial charge in [0.25, 0.3) is 5.56 Å². The first-order valence-electron chi connectivity index (χ1n) is 10.5. The lowest BCUT2D eigenvalue weighted by Crippen LogP contribution is -2.27. The standard InChI is InChI=1S/C23H27N3O4S/c1-26(13-14-8-9-16(29-2)17(12-14)30-3)20(27)11-10-19-24-22(28)21-15-6-4-5-7-18(15)31-23(21)25-19/h8-9,12H,4-7,10-11,13H2,1-3H3,(H,24,25,28). The Bertz CT molecular complexity index is 1170. The minimum absolute atomic E-state index is 0.0111. The Morgan fingerprint density at radius 2 is 1.97 bits per heavy atom. The summed E-state index contributed by atoms with van der Waals surface area (Å²) in [6.45, 7) is 0.458. The molecule has 0 bridgehead atoms. The lowest BCUT2D eigenvalue weighted by molar-refractivity contribution is -0.130. The van der Waals surface area contributed by atoms with E-state index in [1.165, 1.54) is 16.9 Å². The number of rotatable bonds is 7. The van der Waals surface area contributed by atoms with Crippen molar-refractivity contribution in [3.63, 3.8) is 0 Å². The molecule has 0 atom stereocenters. The fourth-order valence-electron chi connectivity index (χ4n) is 4.08. The molecule has 0 radical (unpaired) electrons. The number of nitrogens with zero attached hydrogens (tertiary/aromatic N) is 2. The zero-order valence-electron chi connectivity index (χ0n) is 18.1. The van der Waals surface area contributed by atoms with Crippen LogP contribution in [0.2, 0.25) is 0 Å². The van der Waals surface area contributed by atoms with Crippen LogP contribution in [0.4, 0.5) is 0 Å². The maximum atomic E-state index is 12.7. The van der Waals surface area contributed by atoms with Crippen molar-refractivity contribution < 1.29 is 14.3 Å². The molecule has 1 amide bonds. The van der Waals surface area contributed by atoms with Crippen LogP contribution in [0.25, 0.3) is 10.2 Å². The summed E-state index contributed by atoms with van der Waals surface area (Å²) in [6.07, 6.45) is 4.97. The lowest BCUT2D eigenvalue weighted by atomic mass is 9.97. The van der Waals surface area contributed by atoms with Gasteiger partial charge in [-0.15, -0.1) is 11.3 Å².